The molecule has 0 aromatic carbocycles. The molecule has 1 aliphatic carbocycles. The second-order valence-corrected chi connectivity index (χ2v) is 8.26. The van der Waals surface area contributed by atoms with Gasteiger partial charge in [0.1, 0.15) is 23.9 Å². The molecule has 0 spiro atoms. The summed E-state index contributed by atoms with van der Waals surface area (Å²) in [6.45, 7) is 7.34. The van der Waals surface area contributed by atoms with E-state index >= 15 is 0 Å². The Balaban J connectivity index is 2.91. The van der Waals surface area contributed by atoms with Gasteiger partial charge in [-0.3, -0.25) is 4.90 Å². The van der Waals surface area contributed by atoms with Gasteiger partial charge in [-0.15, -0.1) is 0 Å². The van der Waals surface area contributed by atoms with Crippen molar-refractivity contribution in [2.75, 3.05) is 13.2 Å². The molecule has 0 radical (unpaired) electrons. The average molecular weight is 388 g/mol. The summed E-state index contributed by atoms with van der Waals surface area (Å²) in [6.07, 6.45) is 2.95. The summed E-state index contributed by atoms with van der Waals surface area (Å²) in [7, 11) is 0. The maximum absolute atomic E-state index is 12.7. The molecular weight excluding hydrogens is 350 g/mol. The van der Waals surface area contributed by atoms with Crippen LogP contribution in [0.4, 0.5) is 4.79 Å². The summed E-state index contributed by atoms with van der Waals surface area (Å²) >= 11 is 0. The molecule has 4 atom stereocenters. The summed E-state index contributed by atoms with van der Waals surface area (Å²) in [5.41, 5.74) is -0.508. The minimum Gasteiger partial charge on any atom is -0.444 e. The van der Waals surface area contributed by atoms with Crippen molar-refractivity contribution in [3.8, 4) is 0 Å². The third-order valence-electron chi connectivity index (χ3n) is 4.71. The Bertz CT molecular complexity index is 487. The number of hydrogen-bond acceptors (Lipinski definition) is 6. The zero-order chi connectivity index (χ0) is 20.6. The Morgan fingerprint density at radius 1 is 1.07 bits per heavy atom. The van der Waals surface area contributed by atoms with Gasteiger partial charge in [0.2, 0.25) is 0 Å². The van der Waals surface area contributed by atoms with Crippen molar-refractivity contribution in [1.29, 1.82) is 0 Å². The van der Waals surface area contributed by atoms with Gasteiger partial charge in [-0.1, -0.05) is 45.1 Å². The lowest BCUT2D eigenvalue weighted by atomic mass is 9.87. The smallest absolute Gasteiger partial charge is 0.410 e. The summed E-state index contributed by atoms with van der Waals surface area (Å²) < 4.78 is 5.47. The molecule has 1 rings (SSSR count). The number of amides is 1. The second-order valence-electron chi connectivity index (χ2n) is 8.26. The molecule has 27 heavy (non-hydrogen) atoms. The van der Waals surface area contributed by atoms with Gasteiger partial charge in [-0.25, -0.2) is 4.79 Å². The zero-order valence-corrected chi connectivity index (χ0v) is 17.1. The molecular formula is C20H37NO6. The molecule has 7 nitrogen and oxygen atoms in total. The minimum absolute atomic E-state index is 0.189. The number of rotatable bonds is 9. The molecule has 158 valence electrons. The summed E-state index contributed by atoms with van der Waals surface area (Å²) in [6, 6.07) is -0.865. The third-order valence-corrected chi connectivity index (χ3v) is 4.71. The quantitative estimate of drug-likeness (QED) is 0.356. The van der Waals surface area contributed by atoms with Crippen LogP contribution >= 0.6 is 0 Å². The largest absolute Gasteiger partial charge is 0.444 e. The SMILES string of the molecule is CCCCCCCCN(C(=O)OC(C)(C)C)[C@@H]1C=C(CO)[C@H](O)C(O)[C@H]1O. The first-order valence-corrected chi connectivity index (χ1v) is 9.97. The molecule has 0 bridgehead atoms. The van der Waals surface area contributed by atoms with Crippen LogP contribution in [0.25, 0.3) is 0 Å². The number of carbonyl (C=O) groups is 1. The van der Waals surface area contributed by atoms with Crippen molar-refractivity contribution in [1.82, 2.24) is 4.90 Å². The molecule has 7 heteroatoms. The second kappa shape index (κ2) is 11.0. The molecule has 4 N–H and O–H groups in total. The van der Waals surface area contributed by atoms with E-state index in [2.05, 4.69) is 6.92 Å². The molecule has 0 saturated heterocycles. The zero-order valence-electron chi connectivity index (χ0n) is 17.1. The standard InChI is InChI=1S/C20H37NO6/c1-5-6-7-8-9-10-11-21(19(26)27-20(2,3)4)15-12-14(13-22)16(23)18(25)17(15)24/h12,15-18,22-25H,5-11,13H2,1-4H3/t15-,16+,17+,18?/m1/s1. The molecule has 1 unspecified atom stereocenters. The Hall–Kier alpha value is -1.15. The van der Waals surface area contributed by atoms with Crippen molar-refractivity contribution < 1.29 is 30.0 Å². The lowest BCUT2D eigenvalue weighted by molar-refractivity contribution is -0.0840. The lowest BCUT2D eigenvalue weighted by Crippen LogP contribution is -2.57. The van der Waals surface area contributed by atoms with Gasteiger partial charge in [-0.05, 0) is 32.8 Å². The van der Waals surface area contributed by atoms with Crippen molar-refractivity contribution in [3.05, 3.63) is 11.6 Å². The number of carbonyl (C=O) groups excluding carboxylic acids is 1. The van der Waals surface area contributed by atoms with Crippen LogP contribution in [0, 0.1) is 0 Å². The highest BCUT2D eigenvalue weighted by Gasteiger charge is 2.42. The first-order valence-electron chi connectivity index (χ1n) is 9.97. The molecule has 1 aliphatic rings. The van der Waals surface area contributed by atoms with E-state index in [4.69, 9.17) is 4.74 Å². The normalized spacial score (nSPS) is 25.9. The van der Waals surface area contributed by atoms with E-state index in [0.29, 0.717) is 6.54 Å². The Kier molecular flexibility index (Phi) is 9.73. The molecule has 0 aromatic rings. The highest BCUT2D eigenvalue weighted by molar-refractivity contribution is 5.69. The van der Waals surface area contributed by atoms with E-state index in [9.17, 15) is 25.2 Å². The van der Waals surface area contributed by atoms with E-state index in [-0.39, 0.29) is 5.57 Å². The molecule has 0 heterocycles. The van der Waals surface area contributed by atoms with Crippen molar-refractivity contribution in [2.24, 2.45) is 0 Å². The van der Waals surface area contributed by atoms with E-state index in [1.54, 1.807) is 20.8 Å². The van der Waals surface area contributed by atoms with Gasteiger partial charge < -0.3 is 25.2 Å². The summed E-state index contributed by atoms with van der Waals surface area (Å²) in [4.78, 5) is 14.1. The predicted molar refractivity (Wildman–Crippen MR) is 103 cm³/mol. The van der Waals surface area contributed by atoms with Crippen molar-refractivity contribution in [2.45, 2.75) is 96.2 Å². The molecule has 0 fully saturated rings. The number of unbranched alkanes of at least 4 members (excludes halogenated alkanes) is 5. The molecule has 0 aromatic heterocycles. The predicted octanol–water partition coefficient (Wildman–Crippen LogP) is 1.97. The topological polar surface area (TPSA) is 110 Å². The van der Waals surface area contributed by atoms with E-state index in [1.165, 1.54) is 17.4 Å². The van der Waals surface area contributed by atoms with Gasteiger partial charge in [0.25, 0.3) is 0 Å². The number of hydrogen-bond donors (Lipinski definition) is 4. The Morgan fingerprint density at radius 2 is 1.67 bits per heavy atom. The van der Waals surface area contributed by atoms with Crippen LogP contribution < -0.4 is 0 Å². The van der Waals surface area contributed by atoms with Gasteiger partial charge in [0, 0.05) is 6.54 Å². The Labute approximate surface area is 162 Å². The Morgan fingerprint density at radius 3 is 2.22 bits per heavy atom. The molecule has 0 aliphatic heterocycles. The lowest BCUT2D eigenvalue weighted by Gasteiger charge is -2.40. The molecule has 0 saturated carbocycles. The van der Waals surface area contributed by atoms with Crippen LogP contribution in [0.15, 0.2) is 11.6 Å². The van der Waals surface area contributed by atoms with Gasteiger partial charge >= 0.3 is 6.09 Å². The van der Waals surface area contributed by atoms with E-state index < -0.39 is 42.7 Å². The monoisotopic (exact) mass is 387 g/mol. The van der Waals surface area contributed by atoms with Crippen LogP contribution in [-0.2, 0) is 4.74 Å². The first-order chi connectivity index (χ1) is 12.6. The van der Waals surface area contributed by atoms with Crippen molar-refractivity contribution >= 4 is 6.09 Å². The highest BCUT2D eigenvalue weighted by atomic mass is 16.6. The van der Waals surface area contributed by atoms with Crippen LogP contribution in [-0.4, -0.2) is 74.5 Å². The maximum Gasteiger partial charge on any atom is 0.410 e. The van der Waals surface area contributed by atoms with Gasteiger partial charge in [0.15, 0.2) is 0 Å². The number of aliphatic hydroxyl groups excluding tert-OH is 4. The van der Waals surface area contributed by atoms with Gasteiger partial charge in [0.05, 0.1) is 12.6 Å². The van der Waals surface area contributed by atoms with Crippen LogP contribution in [0.2, 0.25) is 0 Å². The van der Waals surface area contributed by atoms with E-state index in [0.717, 1.165) is 32.1 Å². The third kappa shape index (κ3) is 7.41. The number of ether oxygens (including phenoxy) is 1. The summed E-state index contributed by atoms with van der Waals surface area (Å²) in [5.74, 6) is 0. The fourth-order valence-electron chi connectivity index (χ4n) is 3.19. The van der Waals surface area contributed by atoms with Crippen LogP contribution in [0.1, 0.15) is 66.2 Å². The van der Waals surface area contributed by atoms with Crippen LogP contribution in [0.3, 0.4) is 0 Å². The molecule has 1 amide bonds. The number of nitrogens with zero attached hydrogens (tertiary/aromatic N) is 1. The fourth-order valence-corrected chi connectivity index (χ4v) is 3.19. The first kappa shape index (κ1) is 23.9. The minimum atomic E-state index is -1.48. The summed E-state index contributed by atoms with van der Waals surface area (Å²) in [5, 5.41) is 39.9. The average Bonchev–Trinajstić information content (AvgIpc) is 2.58. The van der Waals surface area contributed by atoms with Gasteiger partial charge in [-0.2, -0.15) is 0 Å². The maximum atomic E-state index is 12.7. The van der Waals surface area contributed by atoms with E-state index in [1.807, 2.05) is 0 Å². The number of aliphatic hydroxyl groups is 4. The van der Waals surface area contributed by atoms with Crippen LogP contribution in [0.5, 0.6) is 0 Å². The van der Waals surface area contributed by atoms with Crippen molar-refractivity contribution in [3.63, 3.8) is 0 Å². The highest BCUT2D eigenvalue weighted by Crippen LogP contribution is 2.26. The fraction of sp³-hybridized carbons (Fsp3) is 0.850.